The SMILES string of the molecule is CCOc1cc([C@@H](CS(C)(=O)=O)N2C(=O)c3cccc(N4CCN(CCC5CCN(c6ccc(Oc7ccc8c(N9CCC(=O)NC9=O)nn(C)c8c7)cc6)CC5)CC4)c3C2=O)ccc1OC. The number of nitrogens with one attached hydrogen (secondary N) is 1. The van der Waals surface area contributed by atoms with Gasteiger partial charge in [0.25, 0.3) is 11.8 Å². The van der Waals surface area contributed by atoms with Gasteiger partial charge < -0.3 is 24.0 Å². The molecule has 18 heteroatoms. The van der Waals surface area contributed by atoms with E-state index in [4.69, 9.17) is 14.2 Å². The largest absolute Gasteiger partial charge is 0.493 e. The molecule has 352 valence electrons. The molecular weight excluding hydrogens is 877 g/mol. The molecule has 1 N–H and O–H groups in total. The first kappa shape index (κ1) is 45.5. The quantitative estimate of drug-likeness (QED) is 0.121. The van der Waals surface area contributed by atoms with Crippen molar-refractivity contribution < 1.29 is 41.8 Å². The minimum absolute atomic E-state index is 0.224. The highest BCUT2D eigenvalue weighted by Crippen LogP contribution is 2.40. The summed E-state index contributed by atoms with van der Waals surface area (Å²) >= 11 is 0. The molecule has 4 aliphatic rings. The van der Waals surface area contributed by atoms with Gasteiger partial charge in [-0.15, -0.1) is 0 Å². The van der Waals surface area contributed by atoms with Crippen LogP contribution in [0.2, 0.25) is 0 Å². The average molecular weight is 933 g/mol. The Bertz CT molecular complexity index is 2820. The zero-order chi connectivity index (χ0) is 47.0. The first-order valence-corrected chi connectivity index (χ1v) is 24.9. The number of carbonyl (C=O) groups is 4. The predicted octanol–water partition coefficient (Wildman–Crippen LogP) is 6.03. The molecule has 0 unspecified atom stereocenters. The number of imide groups is 2. The van der Waals surface area contributed by atoms with Crippen LogP contribution in [0.15, 0.2) is 78.9 Å². The van der Waals surface area contributed by atoms with Crippen LogP contribution in [0.25, 0.3) is 10.9 Å². The number of rotatable bonds is 15. The van der Waals surface area contributed by atoms with Crippen LogP contribution in [0.4, 0.5) is 22.0 Å². The van der Waals surface area contributed by atoms with E-state index in [2.05, 4.69) is 37.2 Å². The molecule has 3 fully saturated rings. The highest BCUT2D eigenvalue weighted by Gasteiger charge is 2.44. The van der Waals surface area contributed by atoms with E-state index in [9.17, 15) is 27.6 Å². The van der Waals surface area contributed by atoms with Crippen LogP contribution in [0, 0.1) is 5.92 Å². The summed E-state index contributed by atoms with van der Waals surface area (Å²) in [5.74, 6) is 1.62. The van der Waals surface area contributed by atoms with Crippen LogP contribution < -0.4 is 34.2 Å². The van der Waals surface area contributed by atoms with Crippen molar-refractivity contribution in [2.75, 3.05) is 92.8 Å². The molecule has 17 nitrogen and oxygen atoms in total. The van der Waals surface area contributed by atoms with Crippen LogP contribution in [0.1, 0.15) is 64.9 Å². The molecule has 3 saturated heterocycles. The number of anilines is 3. The number of ether oxygens (including phenoxy) is 3. The third-order valence-corrected chi connectivity index (χ3v) is 14.2. The number of methoxy groups -OCH3 is 1. The van der Waals surface area contributed by atoms with Crippen molar-refractivity contribution in [3.05, 3.63) is 95.6 Å². The van der Waals surface area contributed by atoms with Gasteiger partial charge in [0.1, 0.15) is 21.3 Å². The monoisotopic (exact) mass is 932 g/mol. The fourth-order valence-electron chi connectivity index (χ4n) is 9.77. The van der Waals surface area contributed by atoms with E-state index in [0.717, 1.165) is 79.7 Å². The Labute approximate surface area is 390 Å². The summed E-state index contributed by atoms with van der Waals surface area (Å²) in [7, 11) is -0.297. The Balaban J connectivity index is 0.765. The molecule has 0 bridgehead atoms. The first-order chi connectivity index (χ1) is 32.3. The van der Waals surface area contributed by atoms with Crippen molar-refractivity contribution in [1.82, 2.24) is 24.9 Å². The van der Waals surface area contributed by atoms with E-state index in [1.165, 1.54) is 12.0 Å². The number of amides is 5. The van der Waals surface area contributed by atoms with Gasteiger partial charge in [-0.2, -0.15) is 5.10 Å². The van der Waals surface area contributed by atoms with Crippen LogP contribution in [0.5, 0.6) is 23.0 Å². The number of piperidine rings is 1. The number of aromatic nitrogens is 2. The van der Waals surface area contributed by atoms with Gasteiger partial charge in [0.15, 0.2) is 17.3 Å². The zero-order valence-electron chi connectivity index (χ0n) is 38.3. The maximum Gasteiger partial charge on any atom is 0.329 e. The molecule has 4 aliphatic heterocycles. The lowest BCUT2D eigenvalue weighted by Crippen LogP contribution is -2.49. The number of hydrogen-bond acceptors (Lipinski definition) is 13. The molecule has 0 aliphatic carbocycles. The number of urea groups is 1. The first-order valence-electron chi connectivity index (χ1n) is 22.9. The van der Waals surface area contributed by atoms with Crippen molar-refractivity contribution >= 4 is 61.7 Å². The summed E-state index contributed by atoms with van der Waals surface area (Å²) in [6.07, 6.45) is 4.64. The number of aryl methyl sites for hydroxylation is 1. The van der Waals surface area contributed by atoms with Crippen LogP contribution >= 0.6 is 0 Å². The van der Waals surface area contributed by atoms with Gasteiger partial charge in [-0.05, 0) is 105 Å². The summed E-state index contributed by atoms with van der Waals surface area (Å²) in [6.45, 7) is 8.42. The van der Waals surface area contributed by atoms with Crippen molar-refractivity contribution in [3.63, 3.8) is 0 Å². The standard InChI is InChI=1S/C49H56N8O9S/c1-5-65-43-29-33(9-16-42(43)64-3)41(31-67(4,62)63)57-47(59)38-7-6-8-39(45(38)48(57)60)55-27-25-53(26-28-55)21-17-32-18-22-54(23-19-32)34-10-12-35(13-11-34)66-36-14-15-37-40(30-36)52(2)51-46(37)56-24-20-44(58)50-49(56)61/h6-16,29-30,32,41H,5,17-28,31H2,1-4H3,(H,50,58,61)/t41-/m1/s1. The van der Waals surface area contributed by atoms with Gasteiger partial charge in [-0.1, -0.05) is 12.1 Å². The van der Waals surface area contributed by atoms with Gasteiger partial charge in [-0.25, -0.2) is 13.2 Å². The van der Waals surface area contributed by atoms with Gasteiger partial charge in [0.2, 0.25) is 5.91 Å². The lowest BCUT2D eigenvalue weighted by molar-refractivity contribution is -0.120. The Morgan fingerprint density at radius 3 is 2.27 bits per heavy atom. The van der Waals surface area contributed by atoms with Gasteiger partial charge in [0, 0.05) is 82.7 Å². The molecular formula is C49H56N8O9S. The Morgan fingerprint density at radius 1 is 0.821 bits per heavy atom. The van der Waals surface area contributed by atoms with E-state index >= 15 is 0 Å². The number of nitrogens with zero attached hydrogens (tertiary/aromatic N) is 7. The number of carbonyl (C=O) groups excluding carboxylic acids is 4. The van der Waals surface area contributed by atoms with E-state index in [0.29, 0.717) is 71.2 Å². The molecule has 9 rings (SSSR count). The van der Waals surface area contributed by atoms with Crippen molar-refractivity contribution in [3.8, 4) is 23.0 Å². The van der Waals surface area contributed by atoms with Gasteiger partial charge >= 0.3 is 6.03 Å². The topological polar surface area (TPSA) is 176 Å². The maximum absolute atomic E-state index is 14.3. The van der Waals surface area contributed by atoms with Crippen LogP contribution in [0.3, 0.4) is 0 Å². The molecule has 1 atom stereocenters. The Kier molecular flexibility index (Phi) is 12.8. The van der Waals surface area contributed by atoms with E-state index in [-0.39, 0.29) is 24.4 Å². The van der Waals surface area contributed by atoms with Crippen LogP contribution in [-0.2, 0) is 21.7 Å². The number of fused-ring (bicyclic) bond motifs is 2. The lowest BCUT2D eigenvalue weighted by atomic mass is 9.93. The van der Waals surface area contributed by atoms with E-state index in [1.54, 1.807) is 35.0 Å². The normalized spacial score (nSPS) is 17.9. The second kappa shape index (κ2) is 18.9. The van der Waals surface area contributed by atoms with Crippen molar-refractivity contribution in [2.45, 2.75) is 38.6 Å². The fourth-order valence-corrected chi connectivity index (χ4v) is 10.7. The summed E-state index contributed by atoms with van der Waals surface area (Å²) in [6, 6.07) is 22.6. The molecule has 5 heterocycles. The second-order valence-electron chi connectivity index (χ2n) is 17.7. The van der Waals surface area contributed by atoms with Gasteiger partial charge in [-0.3, -0.25) is 39.1 Å². The van der Waals surface area contributed by atoms with Gasteiger partial charge in [0.05, 0.1) is 47.8 Å². The lowest BCUT2D eigenvalue weighted by Gasteiger charge is -2.38. The number of sulfone groups is 1. The molecule has 0 spiro atoms. The fraction of sp³-hybridized carbons (Fsp3) is 0.408. The molecule has 5 amide bonds. The minimum atomic E-state index is -3.63. The molecule has 1 aromatic heterocycles. The molecule has 5 aromatic rings. The number of benzene rings is 4. The summed E-state index contributed by atoms with van der Waals surface area (Å²) in [5.41, 5.74) is 3.72. The summed E-state index contributed by atoms with van der Waals surface area (Å²) in [5, 5.41) is 7.72. The van der Waals surface area contributed by atoms with Crippen molar-refractivity contribution in [2.24, 2.45) is 13.0 Å². The third kappa shape index (κ3) is 9.50. The maximum atomic E-state index is 14.3. The molecule has 67 heavy (non-hydrogen) atoms. The second-order valence-corrected chi connectivity index (χ2v) is 19.8. The van der Waals surface area contributed by atoms with E-state index in [1.807, 2.05) is 50.4 Å². The Hall–Kier alpha value is -6.66. The summed E-state index contributed by atoms with van der Waals surface area (Å²) < 4.78 is 44.6. The van der Waals surface area contributed by atoms with Crippen LogP contribution in [-0.4, -0.2) is 130 Å². The zero-order valence-corrected chi connectivity index (χ0v) is 39.1. The highest BCUT2D eigenvalue weighted by molar-refractivity contribution is 7.90. The average Bonchev–Trinajstić information content (AvgIpc) is 3.78. The molecule has 0 radical (unpaired) electrons. The molecule has 4 aromatic carbocycles. The molecule has 0 saturated carbocycles. The predicted molar refractivity (Wildman–Crippen MR) is 254 cm³/mol. The van der Waals surface area contributed by atoms with Crippen molar-refractivity contribution in [1.29, 1.82) is 0 Å². The van der Waals surface area contributed by atoms with E-state index < -0.39 is 39.5 Å². The summed E-state index contributed by atoms with van der Waals surface area (Å²) in [4.78, 5) is 62.2. The third-order valence-electron chi connectivity index (χ3n) is 13.3. The minimum Gasteiger partial charge on any atom is -0.493 e. The number of piperazine rings is 1. The number of hydrogen-bond donors (Lipinski definition) is 1. The Morgan fingerprint density at radius 2 is 1.57 bits per heavy atom. The smallest absolute Gasteiger partial charge is 0.329 e. The highest BCUT2D eigenvalue weighted by atomic mass is 32.2.